The minimum absolute atomic E-state index is 0.211. The Bertz CT molecular complexity index is 385. The predicted molar refractivity (Wildman–Crippen MR) is 48.5 cm³/mol. The van der Waals surface area contributed by atoms with Crippen LogP contribution in [0.25, 0.3) is 6.08 Å². The highest BCUT2D eigenvalue weighted by molar-refractivity contribution is 5.45. The van der Waals surface area contributed by atoms with E-state index in [1.807, 2.05) is 6.07 Å². The van der Waals surface area contributed by atoms with E-state index in [0.717, 1.165) is 12.3 Å². The van der Waals surface area contributed by atoms with Gasteiger partial charge in [-0.2, -0.15) is 18.4 Å². The summed E-state index contributed by atoms with van der Waals surface area (Å²) in [5.74, 6) is 0. The maximum atomic E-state index is 12.1. The summed E-state index contributed by atoms with van der Waals surface area (Å²) in [5.41, 5.74) is -0.377. The van der Waals surface area contributed by atoms with Gasteiger partial charge in [0, 0.05) is 6.20 Å². The van der Waals surface area contributed by atoms with Crippen LogP contribution in [-0.2, 0) is 6.18 Å². The minimum atomic E-state index is -4.36. The first-order valence-corrected chi connectivity index (χ1v) is 4.11. The number of allylic oxidation sites excluding steroid dienone is 1. The van der Waals surface area contributed by atoms with Crippen molar-refractivity contribution in [3.63, 3.8) is 0 Å². The third-order valence-corrected chi connectivity index (χ3v) is 1.61. The second-order valence-corrected chi connectivity index (χ2v) is 2.73. The van der Waals surface area contributed by atoms with Crippen LogP contribution in [-0.4, -0.2) is 4.98 Å². The van der Waals surface area contributed by atoms with Crippen molar-refractivity contribution in [1.29, 1.82) is 5.26 Å². The molecule has 15 heavy (non-hydrogen) atoms. The Hall–Kier alpha value is -1.83. The maximum Gasteiger partial charge on any atom is 0.417 e. The molecule has 0 aliphatic heterocycles. The molecule has 1 aromatic rings. The Morgan fingerprint density at radius 3 is 2.60 bits per heavy atom. The van der Waals surface area contributed by atoms with Crippen molar-refractivity contribution in [1.82, 2.24) is 4.98 Å². The Labute approximate surface area is 84.7 Å². The summed E-state index contributed by atoms with van der Waals surface area (Å²) in [6, 6.07) is 4.10. The van der Waals surface area contributed by atoms with Gasteiger partial charge in [-0.3, -0.25) is 4.98 Å². The molecule has 0 saturated carbocycles. The average molecular weight is 212 g/mol. The summed E-state index contributed by atoms with van der Waals surface area (Å²) < 4.78 is 36.4. The molecule has 1 aromatic heterocycles. The standard InChI is InChI=1S/C10H7F3N2/c11-10(12,13)8-4-5-9(15-7-8)3-1-2-6-14/h1,3-5,7H,2H2. The molecule has 0 fully saturated rings. The summed E-state index contributed by atoms with van der Waals surface area (Å²) in [6.45, 7) is 0. The fourth-order valence-corrected chi connectivity index (χ4v) is 0.904. The number of pyridine rings is 1. The van der Waals surface area contributed by atoms with Crippen LogP contribution in [0, 0.1) is 11.3 Å². The first-order chi connectivity index (χ1) is 7.04. The number of alkyl halides is 3. The molecule has 0 atom stereocenters. The third-order valence-electron chi connectivity index (χ3n) is 1.61. The van der Waals surface area contributed by atoms with E-state index in [0.29, 0.717) is 5.69 Å². The highest BCUT2D eigenvalue weighted by Crippen LogP contribution is 2.28. The lowest BCUT2D eigenvalue weighted by molar-refractivity contribution is -0.137. The van der Waals surface area contributed by atoms with Gasteiger partial charge in [0.15, 0.2) is 0 Å². The highest BCUT2D eigenvalue weighted by atomic mass is 19.4. The van der Waals surface area contributed by atoms with E-state index in [1.54, 1.807) is 0 Å². The van der Waals surface area contributed by atoms with Gasteiger partial charge in [-0.25, -0.2) is 0 Å². The van der Waals surface area contributed by atoms with Crippen LogP contribution in [0.5, 0.6) is 0 Å². The van der Waals surface area contributed by atoms with Gasteiger partial charge in [-0.15, -0.1) is 0 Å². The molecule has 0 aliphatic carbocycles. The lowest BCUT2D eigenvalue weighted by Crippen LogP contribution is -2.05. The van der Waals surface area contributed by atoms with E-state index in [4.69, 9.17) is 5.26 Å². The number of hydrogen-bond donors (Lipinski definition) is 0. The second kappa shape index (κ2) is 4.60. The van der Waals surface area contributed by atoms with E-state index >= 15 is 0 Å². The molecule has 1 rings (SSSR count). The van der Waals surface area contributed by atoms with Gasteiger partial charge in [-0.05, 0) is 18.2 Å². The van der Waals surface area contributed by atoms with Crippen molar-refractivity contribution >= 4 is 6.08 Å². The maximum absolute atomic E-state index is 12.1. The van der Waals surface area contributed by atoms with Crippen LogP contribution < -0.4 is 0 Å². The molecule has 0 amide bonds. The number of hydrogen-bond acceptors (Lipinski definition) is 2. The van der Waals surface area contributed by atoms with Crippen molar-refractivity contribution in [2.24, 2.45) is 0 Å². The predicted octanol–water partition coefficient (Wildman–Crippen LogP) is 3.03. The molecule has 0 bridgehead atoms. The zero-order chi connectivity index (χ0) is 11.3. The SMILES string of the molecule is N#CCC=Cc1ccc(C(F)(F)F)cn1. The zero-order valence-electron chi connectivity index (χ0n) is 7.62. The molecule has 5 heteroatoms. The van der Waals surface area contributed by atoms with Gasteiger partial charge >= 0.3 is 6.18 Å². The van der Waals surface area contributed by atoms with Crippen molar-refractivity contribution < 1.29 is 13.2 Å². The Balaban J connectivity index is 2.78. The van der Waals surface area contributed by atoms with Crippen LogP contribution in [0.15, 0.2) is 24.4 Å². The van der Waals surface area contributed by atoms with Crippen molar-refractivity contribution in [3.8, 4) is 6.07 Å². The smallest absolute Gasteiger partial charge is 0.256 e. The van der Waals surface area contributed by atoms with Crippen molar-refractivity contribution in [2.45, 2.75) is 12.6 Å². The number of nitrogens with zero attached hydrogens (tertiary/aromatic N) is 2. The second-order valence-electron chi connectivity index (χ2n) is 2.73. The molecule has 0 radical (unpaired) electrons. The topological polar surface area (TPSA) is 36.7 Å². The lowest BCUT2D eigenvalue weighted by atomic mass is 10.2. The van der Waals surface area contributed by atoms with Crippen LogP contribution in [0.1, 0.15) is 17.7 Å². The van der Waals surface area contributed by atoms with Gasteiger partial charge in [0.2, 0.25) is 0 Å². The molecule has 0 N–H and O–H groups in total. The molecule has 78 valence electrons. The van der Waals surface area contributed by atoms with E-state index in [-0.39, 0.29) is 6.42 Å². The molecular formula is C10H7F3N2. The highest BCUT2D eigenvalue weighted by Gasteiger charge is 2.30. The molecule has 1 heterocycles. The summed E-state index contributed by atoms with van der Waals surface area (Å²) in [4.78, 5) is 3.60. The van der Waals surface area contributed by atoms with E-state index in [9.17, 15) is 13.2 Å². The molecular weight excluding hydrogens is 205 g/mol. The average Bonchev–Trinajstić information content (AvgIpc) is 2.18. The van der Waals surface area contributed by atoms with Crippen LogP contribution >= 0.6 is 0 Å². The van der Waals surface area contributed by atoms with E-state index in [1.165, 1.54) is 18.2 Å². The van der Waals surface area contributed by atoms with Gasteiger partial charge in [0.05, 0.1) is 23.7 Å². The fourth-order valence-electron chi connectivity index (χ4n) is 0.904. The van der Waals surface area contributed by atoms with Crippen LogP contribution in [0.4, 0.5) is 13.2 Å². The van der Waals surface area contributed by atoms with Gasteiger partial charge in [0.1, 0.15) is 0 Å². The first-order valence-electron chi connectivity index (χ1n) is 4.11. The normalized spacial score (nSPS) is 11.6. The summed E-state index contributed by atoms with van der Waals surface area (Å²) in [7, 11) is 0. The Morgan fingerprint density at radius 2 is 2.13 bits per heavy atom. The Kier molecular flexibility index (Phi) is 3.45. The number of aromatic nitrogens is 1. The van der Waals surface area contributed by atoms with Crippen molar-refractivity contribution in [2.75, 3.05) is 0 Å². The largest absolute Gasteiger partial charge is 0.417 e. The summed E-state index contributed by atoms with van der Waals surface area (Å²) in [6.07, 6.45) is -0.338. The van der Waals surface area contributed by atoms with Crippen LogP contribution in [0.2, 0.25) is 0 Å². The monoisotopic (exact) mass is 212 g/mol. The van der Waals surface area contributed by atoms with Crippen LogP contribution in [0.3, 0.4) is 0 Å². The molecule has 0 aromatic carbocycles. The van der Waals surface area contributed by atoms with Gasteiger partial charge in [0.25, 0.3) is 0 Å². The zero-order valence-corrected chi connectivity index (χ0v) is 7.62. The lowest BCUT2D eigenvalue weighted by Gasteiger charge is -2.04. The first kappa shape index (κ1) is 11.2. The van der Waals surface area contributed by atoms with Crippen molar-refractivity contribution in [3.05, 3.63) is 35.7 Å². The van der Waals surface area contributed by atoms with E-state index in [2.05, 4.69) is 4.98 Å². The number of rotatable bonds is 2. The Morgan fingerprint density at radius 1 is 1.40 bits per heavy atom. The van der Waals surface area contributed by atoms with Gasteiger partial charge < -0.3 is 0 Å². The molecule has 0 unspecified atom stereocenters. The molecule has 2 nitrogen and oxygen atoms in total. The summed E-state index contributed by atoms with van der Waals surface area (Å²) in [5, 5.41) is 8.22. The number of nitriles is 1. The third kappa shape index (κ3) is 3.43. The summed E-state index contributed by atoms with van der Waals surface area (Å²) >= 11 is 0. The number of halogens is 3. The van der Waals surface area contributed by atoms with E-state index < -0.39 is 11.7 Å². The molecule has 0 saturated heterocycles. The van der Waals surface area contributed by atoms with Gasteiger partial charge in [-0.1, -0.05) is 6.08 Å². The molecule has 0 aliphatic rings. The fraction of sp³-hybridized carbons (Fsp3) is 0.200. The quantitative estimate of drug-likeness (QED) is 0.755. The minimum Gasteiger partial charge on any atom is -0.256 e. The molecule has 0 spiro atoms.